The Labute approximate surface area is 153 Å². The van der Waals surface area contributed by atoms with Gasteiger partial charge in [0.1, 0.15) is 6.04 Å². The summed E-state index contributed by atoms with van der Waals surface area (Å²) in [5.74, 6) is -1.09. The molecular weight excluding hydrogens is 360 g/mol. The largest absolute Gasteiger partial charge is 0.468 e. The fourth-order valence-electron chi connectivity index (χ4n) is 2.60. The lowest BCUT2D eigenvalue weighted by atomic mass is 10.0. The van der Waals surface area contributed by atoms with E-state index >= 15 is 0 Å². The Morgan fingerprint density at radius 2 is 2.00 bits per heavy atom. The number of carbonyl (C=O) groups is 1. The summed E-state index contributed by atoms with van der Waals surface area (Å²) >= 11 is 0. The normalized spacial score (nSPS) is 12.8. The van der Waals surface area contributed by atoms with Crippen LogP contribution in [0, 0.1) is 16.0 Å². The Bertz CT molecular complexity index is 760. The van der Waals surface area contributed by atoms with Gasteiger partial charge < -0.3 is 4.74 Å². The smallest absolute Gasteiger partial charge is 0.324 e. The number of ether oxygens (including phenoxy) is 1. The highest BCUT2D eigenvalue weighted by atomic mass is 32.2. The molecule has 9 heteroatoms. The second-order valence-electron chi connectivity index (χ2n) is 5.98. The van der Waals surface area contributed by atoms with Crippen LogP contribution in [0.4, 0.5) is 5.69 Å². The maximum atomic E-state index is 13.2. The molecule has 0 aromatic heterocycles. The fraction of sp³-hybridized carbons (Fsp3) is 0.471. The van der Waals surface area contributed by atoms with Gasteiger partial charge in [0.05, 0.1) is 12.0 Å². The average molecular weight is 384 g/mol. The van der Waals surface area contributed by atoms with Crippen molar-refractivity contribution < 1.29 is 22.9 Å². The lowest BCUT2D eigenvalue weighted by molar-refractivity contribution is -0.387. The second-order valence-corrected chi connectivity index (χ2v) is 7.84. The number of para-hydroxylation sites is 1. The highest BCUT2D eigenvalue weighted by Gasteiger charge is 2.40. The Hall–Kier alpha value is -2.26. The summed E-state index contributed by atoms with van der Waals surface area (Å²) in [7, 11) is -3.12. The number of esters is 1. The molecule has 0 N–H and O–H groups in total. The molecule has 0 heterocycles. The maximum absolute atomic E-state index is 13.2. The van der Waals surface area contributed by atoms with E-state index in [9.17, 15) is 23.3 Å². The summed E-state index contributed by atoms with van der Waals surface area (Å²) in [4.78, 5) is 22.3. The van der Waals surface area contributed by atoms with Crippen molar-refractivity contribution in [2.75, 3.05) is 13.7 Å². The number of nitro groups is 1. The number of nitro benzene ring substituents is 1. The molecule has 0 saturated carbocycles. The molecule has 0 saturated heterocycles. The Morgan fingerprint density at radius 1 is 1.38 bits per heavy atom. The molecular formula is C17H24N2O6S. The number of rotatable bonds is 10. The van der Waals surface area contributed by atoms with Gasteiger partial charge in [-0.15, -0.1) is 6.58 Å². The molecule has 0 radical (unpaired) electrons. The van der Waals surface area contributed by atoms with E-state index in [1.54, 1.807) is 19.9 Å². The van der Waals surface area contributed by atoms with Crippen LogP contribution in [0.2, 0.25) is 0 Å². The number of allylic oxidation sites excluding steroid dienone is 1. The van der Waals surface area contributed by atoms with Gasteiger partial charge in [0.2, 0.25) is 0 Å². The standard InChI is InChI=1S/C17H24N2O6S/c1-5-6-9-12-18(16(13(2)3)17(20)25-4)26(23,24)15-11-8-7-10-14(15)19(21)22/h5,7-8,10-11,13,16H,1,6,9,12H2,2-4H3/t16-/m0/s1. The third-order valence-electron chi connectivity index (χ3n) is 3.82. The Balaban J connectivity index is 3.51. The van der Waals surface area contributed by atoms with Crippen molar-refractivity contribution in [3.8, 4) is 0 Å². The minimum Gasteiger partial charge on any atom is -0.468 e. The fourth-order valence-corrected chi connectivity index (χ4v) is 4.50. The second kappa shape index (κ2) is 9.44. The quantitative estimate of drug-likeness (QED) is 0.202. The van der Waals surface area contributed by atoms with Crippen LogP contribution in [-0.4, -0.2) is 43.3 Å². The summed E-state index contributed by atoms with van der Waals surface area (Å²) in [6, 6.07) is 4.00. The predicted octanol–water partition coefficient (Wildman–Crippen LogP) is 2.75. The molecule has 26 heavy (non-hydrogen) atoms. The zero-order chi connectivity index (χ0) is 19.9. The van der Waals surface area contributed by atoms with Crippen molar-refractivity contribution in [1.82, 2.24) is 4.31 Å². The lowest BCUT2D eigenvalue weighted by Gasteiger charge is -2.31. The van der Waals surface area contributed by atoms with Crippen LogP contribution >= 0.6 is 0 Å². The first-order valence-corrected chi connectivity index (χ1v) is 9.56. The number of benzene rings is 1. The number of nitrogens with zero attached hydrogens (tertiary/aromatic N) is 2. The van der Waals surface area contributed by atoms with Crippen LogP contribution in [0.1, 0.15) is 26.7 Å². The van der Waals surface area contributed by atoms with Gasteiger partial charge in [-0.1, -0.05) is 32.1 Å². The summed E-state index contributed by atoms with van der Waals surface area (Å²) in [5, 5.41) is 11.3. The minimum absolute atomic E-state index is 0.0123. The highest BCUT2D eigenvalue weighted by molar-refractivity contribution is 7.89. The molecule has 0 unspecified atom stereocenters. The molecule has 0 spiro atoms. The number of sulfonamides is 1. The molecule has 0 aliphatic rings. The average Bonchev–Trinajstić information content (AvgIpc) is 2.60. The lowest BCUT2D eigenvalue weighted by Crippen LogP contribution is -2.49. The first-order valence-electron chi connectivity index (χ1n) is 8.12. The number of hydrogen-bond acceptors (Lipinski definition) is 6. The summed E-state index contributed by atoms with van der Waals surface area (Å²) in [6.45, 7) is 6.99. The van der Waals surface area contributed by atoms with Gasteiger partial charge in [0, 0.05) is 12.6 Å². The van der Waals surface area contributed by atoms with Crippen LogP contribution in [0.3, 0.4) is 0 Å². The number of unbranched alkanes of at least 4 members (excludes halogenated alkanes) is 1. The van der Waals surface area contributed by atoms with E-state index in [1.807, 2.05) is 0 Å². The van der Waals surface area contributed by atoms with Crippen LogP contribution in [-0.2, 0) is 19.6 Å². The summed E-state index contributed by atoms with van der Waals surface area (Å²) < 4.78 is 32.2. The van der Waals surface area contributed by atoms with Gasteiger partial charge in [-0.05, 0) is 24.8 Å². The van der Waals surface area contributed by atoms with E-state index in [0.29, 0.717) is 12.8 Å². The SMILES string of the molecule is C=CCCCN([C@H](C(=O)OC)C(C)C)S(=O)(=O)c1ccccc1[N+](=O)[O-]. The van der Waals surface area contributed by atoms with E-state index in [1.165, 1.54) is 25.3 Å². The number of carbonyl (C=O) groups excluding carboxylic acids is 1. The van der Waals surface area contributed by atoms with Crippen molar-refractivity contribution in [3.05, 3.63) is 47.0 Å². The minimum atomic E-state index is -4.30. The van der Waals surface area contributed by atoms with Crippen LogP contribution in [0.25, 0.3) is 0 Å². The van der Waals surface area contributed by atoms with Gasteiger partial charge in [0.25, 0.3) is 15.7 Å². The van der Waals surface area contributed by atoms with Crippen molar-refractivity contribution in [3.63, 3.8) is 0 Å². The summed E-state index contributed by atoms with van der Waals surface area (Å²) in [5.41, 5.74) is -0.534. The van der Waals surface area contributed by atoms with Gasteiger partial charge in [0.15, 0.2) is 4.90 Å². The molecule has 1 rings (SSSR count). The van der Waals surface area contributed by atoms with Crippen molar-refractivity contribution in [1.29, 1.82) is 0 Å². The van der Waals surface area contributed by atoms with Crippen LogP contribution in [0.15, 0.2) is 41.8 Å². The van der Waals surface area contributed by atoms with E-state index < -0.39 is 37.5 Å². The first kappa shape index (κ1) is 21.8. The van der Waals surface area contributed by atoms with Gasteiger partial charge in [-0.2, -0.15) is 4.31 Å². The predicted molar refractivity (Wildman–Crippen MR) is 97.1 cm³/mol. The molecule has 8 nitrogen and oxygen atoms in total. The maximum Gasteiger partial charge on any atom is 0.324 e. The third-order valence-corrected chi connectivity index (χ3v) is 5.75. The van der Waals surface area contributed by atoms with E-state index in [2.05, 4.69) is 6.58 Å². The first-order chi connectivity index (χ1) is 12.2. The molecule has 1 aromatic carbocycles. The van der Waals surface area contributed by atoms with E-state index in [-0.39, 0.29) is 12.5 Å². The molecule has 1 atom stereocenters. The Kier molecular flexibility index (Phi) is 7.91. The van der Waals surface area contributed by atoms with Crippen molar-refractivity contribution in [2.24, 2.45) is 5.92 Å². The van der Waals surface area contributed by atoms with Crippen molar-refractivity contribution >= 4 is 21.7 Å². The van der Waals surface area contributed by atoms with E-state index in [0.717, 1.165) is 10.4 Å². The molecule has 0 fully saturated rings. The van der Waals surface area contributed by atoms with Crippen LogP contribution in [0.5, 0.6) is 0 Å². The van der Waals surface area contributed by atoms with E-state index in [4.69, 9.17) is 4.74 Å². The van der Waals surface area contributed by atoms with Crippen molar-refractivity contribution in [2.45, 2.75) is 37.6 Å². The highest BCUT2D eigenvalue weighted by Crippen LogP contribution is 2.29. The molecule has 0 aliphatic heterocycles. The third kappa shape index (κ3) is 4.89. The zero-order valence-corrected chi connectivity index (χ0v) is 15.9. The molecule has 144 valence electrons. The Morgan fingerprint density at radius 3 is 2.50 bits per heavy atom. The topological polar surface area (TPSA) is 107 Å². The molecule has 0 bridgehead atoms. The molecule has 0 amide bonds. The number of hydrogen-bond donors (Lipinski definition) is 0. The van der Waals surface area contributed by atoms with Gasteiger partial charge >= 0.3 is 5.97 Å². The summed E-state index contributed by atoms with van der Waals surface area (Å²) in [6.07, 6.45) is 2.59. The molecule has 0 aliphatic carbocycles. The zero-order valence-electron chi connectivity index (χ0n) is 15.1. The molecule has 1 aromatic rings. The number of methoxy groups -OCH3 is 1. The monoisotopic (exact) mass is 384 g/mol. The van der Waals surface area contributed by atoms with Gasteiger partial charge in [-0.3, -0.25) is 14.9 Å². The van der Waals surface area contributed by atoms with Crippen LogP contribution < -0.4 is 0 Å². The van der Waals surface area contributed by atoms with Gasteiger partial charge in [-0.25, -0.2) is 8.42 Å².